The average Bonchev–Trinajstić information content (AvgIpc) is 2.56. The molecule has 2 amide bonds. The molecule has 0 fully saturated rings. The van der Waals surface area contributed by atoms with Crippen LogP contribution < -0.4 is 15.4 Å². The number of amides is 2. The van der Waals surface area contributed by atoms with Gasteiger partial charge in [-0.1, -0.05) is 6.07 Å². The molecule has 7 heteroatoms. The number of nitrogens with one attached hydrogen (secondary N) is 2. The molecule has 1 aromatic carbocycles. The summed E-state index contributed by atoms with van der Waals surface area (Å²) in [5.74, 6) is -2.00. The molecule has 0 saturated carbocycles. The third-order valence-electron chi connectivity index (χ3n) is 2.87. The van der Waals surface area contributed by atoms with Crippen molar-refractivity contribution in [3.8, 4) is 5.75 Å². The Hall–Kier alpha value is -2.96. The Balaban J connectivity index is 1.88. The smallest absolute Gasteiger partial charge is 0.313 e. The summed E-state index contributed by atoms with van der Waals surface area (Å²) in [5.41, 5.74) is 0.938. The molecule has 1 aromatic heterocycles. The highest BCUT2D eigenvalue weighted by atomic mass is 19.1. The zero-order valence-electron chi connectivity index (χ0n) is 12.5. The number of carbonyl (C=O) groups excluding carboxylic acids is 2. The number of nitrogens with zero attached hydrogens (tertiary/aromatic N) is 1. The number of halogens is 1. The maximum absolute atomic E-state index is 13.7. The number of carbonyl (C=O) groups is 2. The summed E-state index contributed by atoms with van der Waals surface area (Å²) in [4.78, 5) is 27.2. The largest absolute Gasteiger partial charge is 0.491 e. The Morgan fingerprint density at radius 1 is 1.26 bits per heavy atom. The van der Waals surface area contributed by atoms with Gasteiger partial charge in [0.25, 0.3) is 0 Å². The molecule has 0 aliphatic heterocycles. The van der Waals surface area contributed by atoms with E-state index in [4.69, 9.17) is 4.74 Å². The first-order valence-electron chi connectivity index (χ1n) is 7.00. The first-order chi connectivity index (χ1) is 11.1. The van der Waals surface area contributed by atoms with E-state index in [0.29, 0.717) is 17.9 Å². The molecule has 1 heterocycles. The van der Waals surface area contributed by atoms with Crippen LogP contribution in [0.1, 0.15) is 12.5 Å². The summed E-state index contributed by atoms with van der Waals surface area (Å²) in [6, 6.07) is 7.60. The van der Waals surface area contributed by atoms with Crippen LogP contribution in [0.4, 0.5) is 10.1 Å². The zero-order chi connectivity index (χ0) is 16.7. The van der Waals surface area contributed by atoms with Crippen LogP contribution in [0.2, 0.25) is 0 Å². The molecule has 0 atom stereocenters. The van der Waals surface area contributed by atoms with E-state index < -0.39 is 17.6 Å². The standard InChI is InChI=1S/C16H16FN3O3/c1-2-23-14-6-5-11(8-13(14)17)9-19-15(21)16(22)20-12-4-3-7-18-10-12/h3-8,10H,2,9H2,1H3,(H,19,21)(H,20,22). The highest BCUT2D eigenvalue weighted by Gasteiger charge is 2.13. The minimum Gasteiger partial charge on any atom is -0.491 e. The maximum atomic E-state index is 13.7. The van der Waals surface area contributed by atoms with E-state index in [1.54, 1.807) is 31.3 Å². The Bertz CT molecular complexity index is 692. The number of pyridine rings is 1. The van der Waals surface area contributed by atoms with Crippen LogP contribution in [0.25, 0.3) is 0 Å². The quantitative estimate of drug-likeness (QED) is 0.825. The van der Waals surface area contributed by atoms with Gasteiger partial charge in [-0.2, -0.15) is 0 Å². The van der Waals surface area contributed by atoms with Crippen LogP contribution in [-0.2, 0) is 16.1 Å². The Morgan fingerprint density at radius 3 is 2.74 bits per heavy atom. The second-order valence-electron chi connectivity index (χ2n) is 4.58. The fraction of sp³-hybridized carbons (Fsp3) is 0.188. The lowest BCUT2D eigenvalue weighted by Gasteiger charge is -2.08. The van der Waals surface area contributed by atoms with Crippen molar-refractivity contribution in [1.82, 2.24) is 10.3 Å². The van der Waals surface area contributed by atoms with Crippen molar-refractivity contribution in [3.05, 3.63) is 54.1 Å². The molecule has 0 aliphatic carbocycles. The first-order valence-corrected chi connectivity index (χ1v) is 7.00. The SMILES string of the molecule is CCOc1ccc(CNC(=O)C(=O)Nc2cccnc2)cc1F. The van der Waals surface area contributed by atoms with Gasteiger partial charge in [0.15, 0.2) is 11.6 Å². The Kier molecular flexibility index (Phi) is 5.62. The topological polar surface area (TPSA) is 80.3 Å². The Labute approximate surface area is 132 Å². The molecule has 2 rings (SSSR count). The van der Waals surface area contributed by atoms with E-state index in [-0.39, 0.29) is 12.3 Å². The third-order valence-corrected chi connectivity index (χ3v) is 2.87. The second-order valence-corrected chi connectivity index (χ2v) is 4.58. The number of rotatable bonds is 5. The molecular formula is C16H16FN3O3. The normalized spacial score (nSPS) is 10.0. The van der Waals surface area contributed by atoms with E-state index in [1.165, 1.54) is 18.3 Å². The minimum atomic E-state index is -0.817. The van der Waals surface area contributed by atoms with E-state index in [0.717, 1.165) is 0 Å². The molecule has 0 spiro atoms. The summed E-state index contributed by atoms with van der Waals surface area (Å²) in [6.07, 6.45) is 2.98. The van der Waals surface area contributed by atoms with Crippen LogP contribution in [-0.4, -0.2) is 23.4 Å². The number of anilines is 1. The van der Waals surface area contributed by atoms with E-state index >= 15 is 0 Å². The van der Waals surface area contributed by atoms with Crippen molar-refractivity contribution in [2.45, 2.75) is 13.5 Å². The monoisotopic (exact) mass is 317 g/mol. The van der Waals surface area contributed by atoms with E-state index in [9.17, 15) is 14.0 Å². The van der Waals surface area contributed by atoms with Crippen molar-refractivity contribution < 1.29 is 18.7 Å². The van der Waals surface area contributed by atoms with Gasteiger partial charge in [0.2, 0.25) is 0 Å². The lowest BCUT2D eigenvalue weighted by atomic mass is 10.2. The highest BCUT2D eigenvalue weighted by molar-refractivity contribution is 6.39. The van der Waals surface area contributed by atoms with E-state index in [2.05, 4.69) is 15.6 Å². The number of benzene rings is 1. The number of aromatic nitrogens is 1. The molecule has 0 saturated heterocycles. The van der Waals surface area contributed by atoms with Gasteiger partial charge in [0.1, 0.15) is 0 Å². The molecule has 0 radical (unpaired) electrons. The Morgan fingerprint density at radius 2 is 2.09 bits per heavy atom. The molecule has 120 valence electrons. The molecule has 23 heavy (non-hydrogen) atoms. The first kappa shape index (κ1) is 16.4. The fourth-order valence-electron chi connectivity index (χ4n) is 1.81. The van der Waals surface area contributed by atoms with Crippen LogP contribution in [0.3, 0.4) is 0 Å². The molecule has 2 aromatic rings. The molecule has 6 nitrogen and oxygen atoms in total. The van der Waals surface area contributed by atoms with Crippen LogP contribution in [0.5, 0.6) is 5.75 Å². The number of hydrogen-bond acceptors (Lipinski definition) is 4. The third kappa shape index (κ3) is 4.77. The minimum absolute atomic E-state index is 0.0304. The van der Waals surface area contributed by atoms with Gasteiger partial charge in [-0.15, -0.1) is 0 Å². The number of hydrogen-bond donors (Lipinski definition) is 2. The summed E-state index contributed by atoms with van der Waals surface area (Å²) in [7, 11) is 0. The molecule has 2 N–H and O–H groups in total. The van der Waals surface area contributed by atoms with Crippen molar-refractivity contribution in [2.75, 3.05) is 11.9 Å². The summed E-state index contributed by atoms with van der Waals surface area (Å²) in [5, 5.41) is 4.83. The van der Waals surface area contributed by atoms with Gasteiger partial charge in [-0.3, -0.25) is 14.6 Å². The molecule has 0 aliphatic rings. The lowest BCUT2D eigenvalue weighted by molar-refractivity contribution is -0.136. The van der Waals surface area contributed by atoms with Gasteiger partial charge in [-0.05, 0) is 36.8 Å². The maximum Gasteiger partial charge on any atom is 0.313 e. The van der Waals surface area contributed by atoms with Crippen molar-refractivity contribution >= 4 is 17.5 Å². The lowest BCUT2D eigenvalue weighted by Crippen LogP contribution is -2.35. The summed E-state index contributed by atoms with van der Waals surface area (Å²) >= 11 is 0. The molecule has 0 bridgehead atoms. The highest BCUT2D eigenvalue weighted by Crippen LogP contribution is 2.18. The van der Waals surface area contributed by atoms with Gasteiger partial charge in [0.05, 0.1) is 18.5 Å². The van der Waals surface area contributed by atoms with Crippen LogP contribution in [0.15, 0.2) is 42.7 Å². The van der Waals surface area contributed by atoms with Gasteiger partial charge in [-0.25, -0.2) is 4.39 Å². The second kappa shape index (κ2) is 7.88. The van der Waals surface area contributed by atoms with Crippen LogP contribution >= 0.6 is 0 Å². The van der Waals surface area contributed by atoms with Crippen molar-refractivity contribution in [1.29, 1.82) is 0 Å². The van der Waals surface area contributed by atoms with Crippen molar-refractivity contribution in [2.24, 2.45) is 0 Å². The zero-order valence-corrected chi connectivity index (χ0v) is 12.5. The number of ether oxygens (including phenoxy) is 1. The molecule has 0 unspecified atom stereocenters. The van der Waals surface area contributed by atoms with Gasteiger partial charge in [0, 0.05) is 12.7 Å². The van der Waals surface area contributed by atoms with Crippen molar-refractivity contribution in [3.63, 3.8) is 0 Å². The summed E-state index contributed by atoms with van der Waals surface area (Å²) in [6.45, 7) is 2.15. The predicted octanol–water partition coefficient (Wildman–Crippen LogP) is 1.87. The average molecular weight is 317 g/mol. The van der Waals surface area contributed by atoms with Gasteiger partial charge >= 0.3 is 11.8 Å². The van der Waals surface area contributed by atoms with Crippen LogP contribution in [0, 0.1) is 5.82 Å². The fourth-order valence-corrected chi connectivity index (χ4v) is 1.81. The summed E-state index contributed by atoms with van der Waals surface area (Å²) < 4.78 is 18.8. The molecular weight excluding hydrogens is 301 g/mol. The predicted molar refractivity (Wildman–Crippen MR) is 82.3 cm³/mol. The van der Waals surface area contributed by atoms with E-state index in [1.807, 2.05) is 0 Å². The van der Waals surface area contributed by atoms with Gasteiger partial charge < -0.3 is 15.4 Å².